The first-order valence-electron chi connectivity index (χ1n) is 8.02. The summed E-state index contributed by atoms with van der Waals surface area (Å²) in [6.45, 7) is 0. The van der Waals surface area contributed by atoms with Gasteiger partial charge >= 0.3 is 0 Å². The first-order valence-corrected chi connectivity index (χ1v) is 9.17. The third-order valence-electron chi connectivity index (χ3n) is 4.62. The van der Waals surface area contributed by atoms with Crippen LogP contribution in [0.15, 0.2) is 24.3 Å². The summed E-state index contributed by atoms with van der Waals surface area (Å²) in [5.41, 5.74) is 1.08. The lowest BCUT2D eigenvalue weighted by Gasteiger charge is -2.22. The van der Waals surface area contributed by atoms with Gasteiger partial charge in [-0.15, -0.1) is 0 Å². The highest BCUT2D eigenvalue weighted by Crippen LogP contribution is 2.40. The minimum absolute atomic E-state index is 0.320. The quantitative estimate of drug-likeness (QED) is 0.929. The number of carbonyl (C=O) groups excluding carboxylic acids is 1. The minimum Gasteiger partial charge on any atom is -0.333 e. The molecule has 1 saturated heterocycles. The molecule has 2 fully saturated rings. The molecule has 1 aromatic heterocycles. The summed E-state index contributed by atoms with van der Waals surface area (Å²) >= 11 is 1.66. The van der Waals surface area contributed by atoms with Gasteiger partial charge in [-0.1, -0.05) is 0 Å². The first kappa shape index (κ1) is 15.4. The van der Waals surface area contributed by atoms with E-state index in [9.17, 15) is 14.4 Å². The van der Waals surface area contributed by atoms with Crippen LogP contribution in [0.4, 0.5) is 4.39 Å². The maximum Gasteiger partial charge on any atom is 0.253 e. The molecule has 1 aliphatic carbocycles. The molecule has 24 heavy (non-hydrogen) atoms. The average Bonchev–Trinajstić information content (AvgIpc) is 3.34. The van der Waals surface area contributed by atoms with Crippen molar-refractivity contribution in [3.8, 4) is 6.07 Å². The van der Waals surface area contributed by atoms with Crippen LogP contribution in [0, 0.1) is 17.1 Å². The fraction of sp³-hybridized carbons (Fsp3) is 0.389. The van der Waals surface area contributed by atoms with E-state index in [1.807, 2.05) is 0 Å². The summed E-state index contributed by atoms with van der Waals surface area (Å²) in [6.07, 6.45) is 2.77. The van der Waals surface area contributed by atoms with Gasteiger partial charge in [-0.25, -0.2) is 4.39 Å². The van der Waals surface area contributed by atoms with E-state index in [1.54, 1.807) is 23.9 Å². The molecule has 122 valence electrons. The number of nitrogens with one attached hydrogen (secondary N) is 1. The Kier molecular flexibility index (Phi) is 3.69. The van der Waals surface area contributed by atoms with Gasteiger partial charge in [0.2, 0.25) is 0 Å². The van der Waals surface area contributed by atoms with Crippen molar-refractivity contribution in [3.05, 3.63) is 41.3 Å². The molecule has 6 heteroatoms. The number of halogens is 1. The lowest BCUT2D eigenvalue weighted by atomic mass is 9.99. The SMILES string of the molecule is N#C[C@@]1(NC(=O)c2cc(C3CC3)nc3ccc(F)cc23)CCSC1. The molecular formula is C18H16FN3OS. The van der Waals surface area contributed by atoms with E-state index in [2.05, 4.69) is 16.4 Å². The molecule has 1 N–H and O–H groups in total. The molecule has 0 radical (unpaired) electrons. The topological polar surface area (TPSA) is 65.8 Å². The molecule has 1 saturated carbocycles. The summed E-state index contributed by atoms with van der Waals surface area (Å²) < 4.78 is 13.7. The van der Waals surface area contributed by atoms with E-state index in [0.717, 1.165) is 24.3 Å². The van der Waals surface area contributed by atoms with E-state index in [4.69, 9.17) is 0 Å². The van der Waals surface area contributed by atoms with Crippen molar-refractivity contribution in [1.29, 1.82) is 5.26 Å². The smallest absolute Gasteiger partial charge is 0.253 e. The predicted molar refractivity (Wildman–Crippen MR) is 91.4 cm³/mol. The second-order valence-corrected chi connectivity index (χ2v) is 7.59. The Labute approximate surface area is 143 Å². The van der Waals surface area contributed by atoms with Crippen LogP contribution in [0.5, 0.6) is 0 Å². The zero-order valence-corrected chi connectivity index (χ0v) is 13.8. The number of fused-ring (bicyclic) bond motifs is 1. The van der Waals surface area contributed by atoms with Gasteiger partial charge in [0, 0.05) is 22.8 Å². The van der Waals surface area contributed by atoms with Crippen LogP contribution in [0.1, 0.15) is 41.2 Å². The molecule has 0 unspecified atom stereocenters. The van der Waals surface area contributed by atoms with Gasteiger partial charge in [0.05, 0.1) is 17.1 Å². The van der Waals surface area contributed by atoms with Gasteiger partial charge in [0.15, 0.2) is 0 Å². The number of pyridine rings is 1. The predicted octanol–water partition coefficient (Wildman–Crippen LogP) is 3.38. The lowest BCUT2D eigenvalue weighted by Crippen LogP contribution is -2.47. The molecule has 2 aromatic rings. The maximum absolute atomic E-state index is 13.7. The van der Waals surface area contributed by atoms with E-state index in [-0.39, 0.29) is 5.91 Å². The number of thioether (sulfide) groups is 1. The Bertz CT molecular complexity index is 866. The summed E-state index contributed by atoms with van der Waals surface area (Å²) in [7, 11) is 0. The van der Waals surface area contributed by atoms with Crippen LogP contribution in [0.3, 0.4) is 0 Å². The molecule has 2 aliphatic rings. The highest BCUT2D eigenvalue weighted by atomic mass is 32.2. The van der Waals surface area contributed by atoms with Crippen molar-refractivity contribution in [2.75, 3.05) is 11.5 Å². The van der Waals surface area contributed by atoms with E-state index >= 15 is 0 Å². The largest absolute Gasteiger partial charge is 0.333 e. The van der Waals surface area contributed by atoms with Crippen LogP contribution in [-0.4, -0.2) is 27.9 Å². The zero-order chi connectivity index (χ0) is 16.7. The number of nitriles is 1. The number of aromatic nitrogens is 1. The van der Waals surface area contributed by atoms with Crippen molar-refractivity contribution in [1.82, 2.24) is 10.3 Å². The van der Waals surface area contributed by atoms with Crippen LogP contribution in [0.2, 0.25) is 0 Å². The van der Waals surface area contributed by atoms with Crippen molar-refractivity contribution in [3.63, 3.8) is 0 Å². The summed E-state index contributed by atoms with van der Waals surface area (Å²) in [5.74, 6) is 1.11. The minimum atomic E-state index is -0.829. The number of hydrogen-bond donors (Lipinski definition) is 1. The average molecular weight is 341 g/mol. The number of hydrogen-bond acceptors (Lipinski definition) is 4. The number of amides is 1. The molecule has 4 nitrogen and oxygen atoms in total. The number of rotatable bonds is 3. The summed E-state index contributed by atoms with van der Waals surface area (Å²) in [4.78, 5) is 17.4. The number of nitrogens with zero attached hydrogens (tertiary/aromatic N) is 2. The van der Waals surface area contributed by atoms with Crippen molar-refractivity contribution >= 4 is 28.6 Å². The van der Waals surface area contributed by atoms with E-state index in [0.29, 0.717) is 34.6 Å². The van der Waals surface area contributed by atoms with Crippen LogP contribution < -0.4 is 5.32 Å². The molecule has 1 aromatic carbocycles. The zero-order valence-electron chi connectivity index (χ0n) is 13.0. The van der Waals surface area contributed by atoms with Gasteiger partial charge < -0.3 is 5.32 Å². The summed E-state index contributed by atoms with van der Waals surface area (Å²) in [6, 6.07) is 8.32. The molecule has 0 bridgehead atoms. The number of benzene rings is 1. The maximum atomic E-state index is 13.7. The lowest BCUT2D eigenvalue weighted by molar-refractivity contribution is 0.0927. The van der Waals surface area contributed by atoms with Gasteiger partial charge in [-0.2, -0.15) is 17.0 Å². The van der Waals surface area contributed by atoms with Gasteiger partial charge in [-0.05, 0) is 49.3 Å². The Morgan fingerprint density at radius 3 is 2.92 bits per heavy atom. The van der Waals surface area contributed by atoms with Crippen molar-refractivity contribution < 1.29 is 9.18 Å². The van der Waals surface area contributed by atoms with Crippen molar-refractivity contribution in [2.24, 2.45) is 0 Å². The molecule has 0 spiro atoms. The fourth-order valence-electron chi connectivity index (χ4n) is 3.06. The number of carbonyl (C=O) groups is 1. The monoisotopic (exact) mass is 341 g/mol. The molecule has 1 amide bonds. The van der Waals surface area contributed by atoms with Crippen LogP contribution in [-0.2, 0) is 0 Å². The highest BCUT2D eigenvalue weighted by molar-refractivity contribution is 7.99. The van der Waals surface area contributed by atoms with Crippen LogP contribution in [0.25, 0.3) is 10.9 Å². The molecular weight excluding hydrogens is 325 g/mol. The standard InChI is InChI=1S/C18H16FN3OS/c19-12-3-4-15-13(7-12)14(8-16(21-15)11-1-2-11)17(23)22-18(9-20)5-6-24-10-18/h3-4,7-8,11H,1-2,5-6,10H2,(H,22,23)/t18-/m0/s1. The van der Waals surface area contributed by atoms with E-state index in [1.165, 1.54) is 12.1 Å². The Morgan fingerprint density at radius 1 is 1.42 bits per heavy atom. The van der Waals surface area contributed by atoms with Gasteiger partial charge in [0.1, 0.15) is 11.4 Å². The second kappa shape index (κ2) is 5.75. The van der Waals surface area contributed by atoms with Crippen LogP contribution >= 0.6 is 11.8 Å². The fourth-order valence-corrected chi connectivity index (χ4v) is 4.33. The van der Waals surface area contributed by atoms with Gasteiger partial charge in [-0.3, -0.25) is 9.78 Å². The van der Waals surface area contributed by atoms with E-state index < -0.39 is 11.4 Å². The normalized spacial score (nSPS) is 23.2. The Hall–Kier alpha value is -2.13. The molecule has 2 heterocycles. The second-order valence-electron chi connectivity index (χ2n) is 6.48. The molecule has 1 aliphatic heterocycles. The molecule has 4 rings (SSSR count). The third-order valence-corrected chi connectivity index (χ3v) is 5.81. The van der Waals surface area contributed by atoms with Crippen molar-refractivity contribution in [2.45, 2.75) is 30.7 Å². The van der Waals surface area contributed by atoms with Gasteiger partial charge in [0.25, 0.3) is 5.91 Å². The third kappa shape index (κ3) is 2.73. The molecule has 1 atom stereocenters. The Morgan fingerprint density at radius 2 is 2.25 bits per heavy atom. The summed E-state index contributed by atoms with van der Waals surface area (Å²) in [5, 5.41) is 12.9. The Balaban J connectivity index is 1.77. The highest BCUT2D eigenvalue weighted by Gasteiger charge is 2.37. The first-order chi connectivity index (χ1) is 11.6.